The van der Waals surface area contributed by atoms with Gasteiger partial charge >= 0.3 is 5.97 Å². The van der Waals surface area contributed by atoms with Crippen LogP contribution in [0.3, 0.4) is 0 Å². The van der Waals surface area contributed by atoms with Crippen molar-refractivity contribution in [2.45, 2.75) is 111 Å². The van der Waals surface area contributed by atoms with Crippen molar-refractivity contribution in [2.24, 2.45) is 28.6 Å². The molecule has 0 aliphatic heterocycles. The number of esters is 1. The van der Waals surface area contributed by atoms with Crippen LogP contribution in [0.1, 0.15) is 109 Å². The molecule has 3 aliphatic rings. The average molecular weight is 468 g/mol. The van der Waals surface area contributed by atoms with Gasteiger partial charge in [0.05, 0.1) is 5.92 Å². The molecular weight excluding hydrogens is 418 g/mol. The molecule has 1 N–H and O–H groups in total. The lowest BCUT2D eigenvalue weighted by atomic mass is 9.43. The van der Waals surface area contributed by atoms with E-state index in [1.807, 2.05) is 7.05 Å². The van der Waals surface area contributed by atoms with Crippen molar-refractivity contribution < 1.29 is 9.53 Å². The maximum absolute atomic E-state index is 13.0. The molecule has 4 rings (SSSR count). The second-order valence-electron chi connectivity index (χ2n) is 13.0. The first-order valence-corrected chi connectivity index (χ1v) is 14.1. The van der Waals surface area contributed by atoms with Gasteiger partial charge in [0.2, 0.25) is 0 Å². The number of hydrogen-bond acceptors (Lipinski definition) is 3. The Kier molecular flexibility index (Phi) is 7.27. The Hall–Kier alpha value is -1.35. The molecule has 34 heavy (non-hydrogen) atoms. The Morgan fingerprint density at radius 1 is 1.12 bits per heavy atom. The molecule has 190 valence electrons. The van der Waals surface area contributed by atoms with Gasteiger partial charge in [0.25, 0.3) is 0 Å². The number of carbonyl (C=O) groups excluding carboxylic acids is 1. The lowest BCUT2D eigenvalue weighted by molar-refractivity contribution is -0.139. The monoisotopic (exact) mass is 467 g/mol. The second kappa shape index (κ2) is 9.60. The highest BCUT2D eigenvalue weighted by molar-refractivity contribution is 5.75. The molecule has 0 bridgehead atoms. The number of benzene rings is 1. The van der Waals surface area contributed by atoms with Crippen LogP contribution in [0.5, 0.6) is 5.75 Å². The molecule has 3 aliphatic carbocycles. The molecule has 2 saturated carbocycles. The number of hydrogen-bond donors (Lipinski definition) is 1. The molecule has 3 heteroatoms. The lowest BCUT2D eigenvalue weighted by Gasteiger charge is -2.61. The second-order valence-corrected chi connectivity index (χ2v) is 13.0. The summed E-state index contributed by atoms with van der Waals surface area (Å²) in [6.45, 7) is 15.6. The van der Waals surface area contributed by atoms with E-state index in [4.69, 9.17) is 4.74 Å². The van der Waals surface area contributed by atoms with Crippen LogP contribution in [0.15, 0.2) is 12.1 Å². The van der Waals surface area contributed by atoms with Gasteiger partial charge in [-0.1, -0.05) is 47.5 Å². The van der Waals surface area contributed by atoms with Crippen LogP contribution >= 0.6 is 0 Å². The topological polar surface area (TPSA) is 38.3 Å². The maximum atomic E-state index is 13.0. The van der Waals surface area contributed by atoms with Gasteiger partial charge in [0.1, 0.15) is 5.75 Å². The summed E-state index contributed by atoms with van der Waals surface area (Å²) in [5, 5.41) is 3.19. The van der Waals surface area contributed by atoms with E-state index in [9.17, 15) is 4.79 Å². The number of rotatable bonds is 8. The number of unbranched alkanes of at least 4 members (excludes halogenated alkanes) is 1. The third-order valence-corrected chi connectivity index (χ3v) is 10.5. The van der Waals surface area contributed by atoms with Crippen LogP contribution in [-0.2, 0) is 16.6 Å². The van der Waals surface area contributed by atoms with Crippen LogP contribution < -0.4 is 10.1 Å². The highest BCUT2D eigenvalue weighted by Crippen LogP contribution is 2.67. The zero-order valence-corrected chi connectivity index (χ0v) is 23.0. The fourth-order valence-electron chi connectivity index (χ4n) is 8.87. The van der Waals surface area contributed by atoms with Gasteiger partial charge in [-0.3, -0.25) is 4.79 Å². The largest absolute Gasteiger partial charge is 0.426 e. The van der Waals surface area contributed by atoms with Crippen molar-refractivity contribution in [3.63, 3.8) is 0 Å². The zero-order valence-electron chi connectivity index (χ0n) is 23.0. The van der Waals surface area contributed by atoms with Gasteiger partial charge < -0.3 is 10.1 Å². The third-order valence-electron chi connectivity index (χ3n) is 10.5. The minimum Gasteiger partial charge on any atom is -0.426 e. The number of carbonyl (C=O) groups is 1. The SMILES string of the molecule is CCC(CCCCNC)C(=O)Oc1cc(C)c2c(c1)C[C@@H]1[C@@]3(C)CCCC(C)(C)[C@@H]3CC[C@@]21C. The van der Waals surface area contributed by atoms with Crippen molar-refractivity contribution in [3.05, 3.63) is 28.8 Å². The summed E-state index contributed by atoms with van der Waals surface area (Å²) in [5.41, 5.74) is 5.44. The smallest absolute Gasteiger partial charge is 0.314 e. The first kappa shape index (κ1) is 25.7. The van der Waals surface area contributed by atoms with E-state index in [0.717, 1.165) is 50.3 Å². The Morgan fingerprint density at radius 3 is 2.59 bits per heavy atom. The van der Waals surface area contributed by atoms with E-state index in [1.165, 1.54) is 43.2 Å². The summed E-state index contributed by atoms with van der Waals surface area (Å²) in [6, 6.07) is 4.38. The van der Waals surface area contributed by atoms with E-state index < -0.39 is 0 Å². The Morgan fingerprint density at radius 2 is 1.88 bits per heavy atom. The van der Waals surface area contributed by atoms with Crippen molar-refractivity contribution in [3.8, 4) is 5.75 Å². The van der Waals surface area contributed by atoms with E-state index >= 15 is 0 Å². The summed E-state index contributed by atoms with van der Waals surface area (Å²) < 4.78 is 6.03. The van der Waals surface area contributed by atoms with E-state index in [0.29, 0.717) is 16.7 Å². The molecule has 5 atom stereocenters. The maximum Gasteiger partial charge on any atom is 0.314 e. The summed E-state index contributed by atoms with van der Waals surface area (Å²) in [5.74, 6) is 2.21. The number of aryl methyl sites for hydroxylation is 1. The molecule has 0 radical (unpaired) electrons. The van der Waals surface area contributed by atoms with Crippen molar-refractivity contribution >= 4 is 5.97 Å². The Balaban J connectivity index is 1.55. The fraction of sp³-hybridized carbons (Fsp3) is 0.774. The Labute approximate surface area is 208 Å². The van der Waals surface area contributed by atoms with Crippen LogP contribution in [0.4, 0.5) is 0 Å². The molecule has 2 fully saturated rings. The average Bonchev–Trinajstić information content (AvgIpc) is 3.07. The number of fused-ring (bicyclic) bond motifs is 5. The van der Waals surface area contributed by atoms with E-state index in [-0.39, 0.29) is 17.3 Å². The lowest BCUT2D eigenvalue weighted by Crippen LogP contribution is -2.55. The highest BCUT2D eigenvalue weighted by atomic mass is 16.5. The van der Waals surface area contributed by atoms with Gasteiger partial charge in [0.15, 0.2) is 0 Å². The zero-order chi connectivity index (χ0) is 24.7. The predicted octanol–water partition coefficient (Wildman–Crippen LogP) is 7.37. The molecule has 0 heterocycles. The molecule has 1 unspecified atom stereocenters. The van der Waals surface area contributed by atoms with E-state index in [1.54, 1.807) is 5.56 Å². The minimum atomic E-state index is -0.0472. The Bertz CT molecular complexity index is 905. The van der Waals surface area contributed by atoms with Gasteiger partial charge in [-0.15, -0.1) is 0 Å². The number of nitrogens with one attached hydrogen (secondary N) is 1. The summed E-state index contributed by atoms with van der Waals surface area (Å²) in [6.07, 6.45) is 11.8. The molecule has 1 aromatic rings. The normalized spacial score (nSPS) is 32.4. The van der Waals surface area contributed by atoms with Crippen molar-refractivity contribution in [2.75, 3.05) is 13.6 Å². The first-order valence-electron chi connectivity index (χ1n) is 14.1. The fourth-order valence-corrected chi connectivity index (χ4v) is 8.87. The molecule has 0 spiro atoms. The molecule has 0 saturated heterocycles. The third kappa shape index (κ3) is 4.36. The van der Waals surface area contributed by atoms with Gasteiger partial charge in [-0.25, -0.2) is 0 Å². The van der Waals surface area contributed by atoms with E-state index in [2.05, 4.69) is 59.0 Å². The molecule has 0 amide bonds. The van der Waals surface area contributed by atoms with Crippen molar-refractivity contribution in [1.29, 1.82) is 0 Å². The van der Waals surface area contributed by atoms with Crippen LogP contribution in [-0.4, -0.2) is 19.6 Å². The standard InChI is InChI=1S/C31H49NO2/c1-8-22(12-9-10-17-32-7)28(33)34-24-18-21(2)27-23(19-24)20-26-30(5)15-11-14-29(3,4)25(30)13-16-31(26,27)6/h18-19,22,25-26,32H,8-17,20H2,1-7H3/t22?,25-,26+,30-,31+/m0/s1. The highest BCUT2D eigenvalue weighted by Gasteiger charge is 2.61. The minimum absolute atomic E-state index is 0.00495. The molecule has 0 aromatic heterocycles. The summed E-state index contributed by atoms with van der Waals surface area (Å²) in [4.78, 5) is 13.0. The van der Waals surface area contributed by atoms with Crippen LogP contribution in [0.25, 0.3) is 0 Å². The summed E-state index contributed by atoms with van der Waals surface area (Å²) in [7, 11) is 1.98. The summed E-state index contributed by atoms with van der Waals surface area (Å²) >= 11 is 0. The number of ether oxygens (including phenoxy) is 1. The molecule has 1 aromatic carbocycles. The molecule has 3 nitrogen and oxygen atoms in total. The van der Waals surface area contributed by atoms with Crippen LogP contribution in [0, 0.1) is 35.5 Å². The first-order chi connectivity index (χ1) is 16.1. The van der Waals surface area contributed by atoms with Crippen molar-refractivity contribution in [1.82, 2.24) is 5.32 Å². The van der Waals surface area contributed by atoms with Crippen LogP contribution in [0.2, 0.25) is 0 Å². The quantitative estimate of drug-likeness (QED) is 0.246. The van der Waals surface area contributed by atoms with Gasteiger partial charge in [-0.2, -0.15) is 0 Å². The van der Waals surface area contributed by atoms with Gasteiger partial charge in [-0.05, 0) is 129 Å². The van der Waals surface area contributed by atoms with Gasteiger partial charge in [0, 0.05) is 0 Å². The predicted molar refractivity (Wildman–Crippen MR) is 141 cm³/mol. The molecular formula is C31H49NO2.